The maximum absolute atomic E-state index is 12.5. The van der Waals surface area contributed by atoms with Crippen LogP contribution in [0.25, 0.3) is 0 Å². The fourth-order valence-corrected chi connectivity index (χ4v) is 3.08. The van der Waals surface area contributed by atoms with E-state index in [2.05, 4.69) is 21.7 Å². The van der Waals surface area contributed by atoms with Gasteiger partial charge in [0.05, 0.1) is 6.54 Å². The lowest BCUT2D eigenvalue weighted by Gasteiger charge is -2.37. The minimum Gasteiger partial charge on any atom is -0.334 e. The number of fused-ring (bicyclic) bond motifs is 1. The lowest BCUT2D eigenvalue weighted by Crippen LogP contribution is -2.52. The van der Waals surface area contributed by atoms with Crippen LogP contribution in [0.3, 0.4) is 0 Å². The molecule has 21 heavy (non-hydrogen) atoms. The first kappa shape index (κ1) is 14.1. The van der Waals surface area contributed by atoms with Crippen LogP contribution in [-0.2, 0) is 0 Å². The molecule has 0 bridgehead atoms. The summed E-state index contributed by atoms with van der Waals surface area (Å²) < 4.78 is 0. The standard InChI is InChI=1S/C16H20N4O/c17-7-1-3-13-5-6-15(18-11-13)16(21)20-10-9-19-8-2-4-14(19)12-20/h5-6,11,14H,2,4,7-10,12,17H2. The van der Waals surface area contributed by atoms with E-state index >= 15 is 0 Å². The zero-order valence-corrected chi connectivity index (χ0v) is 12.1. The summed E-state index contributed by atoms with van der Waals surface area (Å²) in [5.41, 5.74) is 6.62. The number of rotatable bonds is 1. The van der Waals surface area contributed by atoms with E-state index in [1.54, 1.807) is 12.3 Å². The maximum Gasteiger partial charge on any atom is 0.272 e. The summed E-state index contributed by atoms with van der Waals surface area (Å²) in [6.07, 6.45) is 4.09. The van der Waals surface area contributed by atoms with Crippen LogP contribution in [0.2, 0.25) is 0 Å². The molecular weight excluding hydrogens is 264 g/mol. The van der Waals surface area contributed by atoms with Gasteiger partial charge in [-0.3, -0.25) is 9.69 Å². The summed E-state index contributed by atoms with van der Waals surface area (Å²) in [4.78, 5) is 21.2. The smallest absolute Gasteiger partial charge is 0.272 e. The molecule has 0 spiro atoms. The summed E-state index contributed by atoms with van der Waals surface area (Å²) in [5, 5.41) is 0. The van der Waals surface area contributed by atoms with Crippen LogP contribution >= 0.6 is 0 Å². The third-order valence-corrected chi connectivity index (χ3v) is 4.19. The van der Waals surface area contributed by atoms with Gasteiger partial charge >= 0.3 is 0 Å². The number of hydrogen-bond acceptors (Lipinski definition) is 4. The molecule has 2 aliphatic rings. The Morgan fingerprint density at radius 3 is 3.05 bits per heavy atom. The van der Waals surface area contributed by atoms with Crippen molar-refractivity contribution < 1.29 is 4.79 Å². The van der Waals surface area contributed by atoms with Crippen LogP contribution in [0.1, 0.15) is 28.9 Å². The number of amides is 1. The SMILES string of the molecule is NCC#Cc1ccc(C(=O)N2CCN3CCCC3C2)nc1. The highest BCUT2D eigenvalue weighted by Crippen LogP contribution is 2.22. The first-order chi connectivity index (χ1) is 10.3. The van der Waals surface area contributed by atoms with Crippen molar-refractivity contribution in [1.29, 1.82) is 0 Å². The van der Waals surface area contributed by atoms with Gasteiger partial charge in [0, 0.05) is 37.4 Å². The summed E-state index contributed by atoms with van der Waals surface area (Å²) in [6.45, 7) is 4.11. The van der Waals surface area contributed by atoms with Gasteiger partial charge in [0.25, 0.3) is 5.91 Å². The molecule has 3 heterocycles. The molecule has 0 saturated carbocycles. The Balaban J connectivity index is 1.67. The number of carbonyl (C=O) groups is 1. The Kier molecular flexibility index (Phi) is 4.18. The van der Waals surface area contributed by atoms with E-state index in [4.69, 9.17) is 5.73 Å². The number of aromatic nitrogens is 1. The van der Waals surface area contributed by atoms with Gasteiger partial charge in [-0.1, -0.05) is 11.8 Å². The molecule has 1 atom stereocenters. The van der Waals surface area contributed by atoms with E-state index in [0.717, 1.165) is 25.2 Å². The number of nitrogens with two attached hydrogens (primary N) is 1. The van der Waals surface area contributed by atoms with Gasteiger partial charge in [-0.05, 0) is 31.5 Å². The largest absolute Gasteiger partial charge is 0.334 e. The van der Waals surface area contributed by atoms with E-state index in [-0.39, 0.29) is 5.91 Å². The molecule has 5 heteroatoms. The fraction of sp³-hybridized carbons (Fsp3) is 0.500. The zero-order chi connectivity index (χ0) is 14.7. The molecule has 110 valence electrons. The molecule has 2 saturated heterocycles. The minimum absolute atomic E-state index is 0.0277. The molecule has 0 radical (unpaired) electrons. The summed E-state index contributed by atoms with van der Waals surface area (Å²) in [7, 11) is 0. The molecule has 2 fully saturated rings. The molecule has 0 aromatic carbocycles. The first-order valence-corrected chi connectivity index (χ1v) is 7.46. The molecule has 0 aliphatic carbocycles. The Morgan fingerprint density at radius 2 is 2.29 bits per heavy atom. The highest BCUT2D eigenvalue weighted by molar-refractivity contribution is 5.92. The molecule has 1 aromatic heterocycles. The monoisotopic (exact) mass is 284 g/mol. The van der Waals surface area contributed by atoms with Crippen LogP contribution in [0, 0.1) is 11.8 Å². The van der Waals surface area contributed by atoms with E-state index in [1.807, 2.05) is 11.0 Å². The second kappa shape index (κ2) is 6.25. The van der Waals surface area contributed by atoms with E-state index in [1.165, 1.54) is 19.4 Å². The van der Waals surface area contributed by atoms with Gasteiger partial charge in [-0.15, -0.1) is 0 Å². The van der Waals surface area contributed by atoms with Gasteiger partial charge in [0.15, 0.2) is 0 Å². The molecule has 1 amide bonds. The van der Waals surface area contributed by atoms with Crippen molar-refractivity contribution in [2.24, 2.45) is 5.73 Å². The third kappa shape index (κ3) is 3.07. The van der Waals surface area contributed by atoms with Crippen LogP contribution < -0.4 is 5.73 Å². The number of carbonyl (C=O) groups excluding carboxylic acids is 1. The summed E-state index contributed by atoms with van der Waals surface area (Å²) >= 11 is 0. The maximum atomic E-state index is 12.5. The Bertz CT molecular complexity index is 572. The zero-order valence-electron chi connectivity index (χ0n) is 12.1. The summed E-state index contributed by atoms with van der Waals surface area (Å²) in [6, 6.07) is 4.12. The highest BCUT2D eigenvalue weighted by atomic mass is 16.2. The van der Waals surface area contributed by atoms with Crippen molar-refractivity contribution >= 4 is 5.91 Å². The first-order valence-electron chi connectivity index (χ1n) is 7.46. The predicted octanol–water partition coefficient (Wildman–Crippen LogP) is 0.312. The van der Waals surface area contributed by atoms with Crippen molar-refractivity contribution in [2.45, 2.75) is 18.9 Å². The predicted molar refractivity (Wildman–Crippen MR) is 80.7 cm³/mol. The number of piperazine rings is 1. The minimum atomic E-state index is 0.0277. The van der Waals surface area contributed by atoms with Crippen LogP contribution in [-0.4, -0.2) is 59.5 Å². The molecular formula is C16H20N4O. The number of nitrogens with zero attached hydrogens (tertiary/aromatic N) is 3. The van der Waals surface area contributed by atoms with Gasteiger partial charge in [0.2, 0.25) is 0 Å². The quantitative estimate of drug-likeness (QED) is 0.754. The summed E-state index contributed by atoms with van der Waals surface area (Å²) in [5.74, 6) is 5.72. The highest BCUT2D eigenvalue weighted by Gasteiger charge is 2.32. The van der Waals surface area contributed by atoms with Crippen LogP contribution in [0.5, 0.6) is 0 Å². The van der Waals surface area contributed by atoms with Crippen LogP contribution in [0.15, 0.2) is 18.3 Å². The van der Waals surface area contributed by atoms with Crippen molar-refractivity contribution in [2.75, 3.05) is 32.7 Å². The number of pyridine rings is 1. The second-order valence-electron chi connectivity index (χ2n) is 5.52. The Labute approximate surface area is 125 Å². The normalized spacial score (nSPS) is 21.6. The average molecular weight is 284 g/mol. The lowest BCUT2D eigenvalue weighted by atomic mass is 10.1. The second-order valence-corrected chi connectivity index (χ2v) is 5.52. The molecule has 3 rings (SSSR count). The van der Waals surface area contributed by atoms with Crippen molar-refractivity contribution in [3.8, 4) is 11.8 Å². The molecule has 1 unspecified atom stereocenters. The van der Waals surface area contributed by atoms with Crippen molar-refractivity contribution in [1.82, 2.24) is 14.8 Å². The lowest BCUT2D eigenvalue weighted by molar-refractivity contribution is 0.0566. The van der Waals surface area contributed by atoms with Gasteiger partial charge < -0.3 is 10.6 Å². The van der Waals surface area contributed by atoms with Crippen molar-refractivity contribution in [3.63, 3.8) is 0 Å². The molecule has 2 N–H and O–H groups in total. The topological polar surface area (TPSA) is 62.5 Å². The molecule has 5 nitrogen and oxygen atoms in total. The van der Waals surface area contributed by atoms with E-state index < -0.39 is 0 Å². The number of hydrogen-bond donors (Lipinski definition) is 1. The average Bonchev–Trinajstić information content (AvgIpc) is 3.00. The van der Waals surface area contributed by atoms with Gasteiger partial charge in [-0.2, -0.15) is 0 Å². The van der Waals surface area contributed by atoms with Crippen molar-refractivity contribution in [3.05, 3.63) is 29.6 Å². The third-order valence-electron chi connectivity index (χ3n) is 4.19. The van der Waals surface area contributed by atoms with E-state index in [9.17, 15) is 4.79 Å². The Morgan fingerprint density at radius 1 is 1.38 bits per heavy atom. The Hall–Kier alpha value is -1.90. The molecule has 1 aromatic rings. The van der Waals surface area contributed by atoms with Gasteiger partial charge in [0.1, 0.15) is 5.69 Å². The van der Waals surface area contributed by atoms with Gasteiger partial charge in [-0.25, -0.2) is 4.98 Å². The van der Waals surface area contributed by atoms with Crippen LogP contribution in [0.4, 0.5) is 0 Å². The molecule has 2 aliphatic heterocycles. The van der Waals surface area contributed by atoms with E-state index in [0.29, 0.717) is 18.3 Å². The fourth-order valence-electron chi connectivity index (χ4n) is 3.08.